The summed E-state index contributed by atoms with van der Waals surface area (Å²) in [4.78, 5) is 24.8. The molecule has 2 N–H and O–H groups in total. The van der Waals surface area contributed by atoms with Crippen molar-refractivity contribution in [3.05, 3.63) is 87.1 Å². The predicted molar refractivity (Wildman–Crippen MR) is 140 cm³/mol. The zero-order valence-corrected chi connectivity index (χ0v) is 21.3. The van der Waals surface area contributed by atoms with Gasteiger partial charge < -0.3 is 20.1 Å². The third-order valence-electron chi connectivity index (χ3n) is 4.59. The van der Waals surface area contributed by atoms with Crippen molar-refractivity contribution in [1.82, 2.24) is 0 Å². The molecule has 184 valence electrons. The van der Waals surface area contributed by atoms with Crippen LogP contribution in [0.15, 0.2) is 70.7 Å². The standard InChI is InChI=1S/C26H20BrClFN3O4/c1-2-35-23-13-16(11-17(14-30)26(34)32-21-7-3-18(28)4-8-21)12-22(27)25(23)36-15-24(33)31-20-9-5-19(29)6-10-20/h3-13H,2,15H2,1H3,(H,31,33)(H,32,34)/b17-11-. The Morgan fingerprint density at radius 2 is 1.69 bits per heavy atom. The van der Waals surface area contributed by atoms with Crippen LogP contribution in [-0.2, 0) is 9.59 Å². The Labute approximate surface area is 220 Å². The lowest BCUT2D eigenvalue weighted by Crippen LogP contribution is -2.20. The average Bonchev–Trinajstić information content (AvgIpc) is 2.85. The summed E-state index contributed by atoms with van der Waals surface area (Å²) in [7, 11) is 0. The molecule has 0 fully saturated rings. The van der Waals surface area contributed by atoms with Gasteiger partial charge in [0, 0.05) is 16.4 Å². The minimum atomic E-state index is -0.591. The number of nitrogens with zero attached hydrogens (tertiary/aromatic N) is 1. The van der Waals surface area contributed by atoms with E-state index in [0.717, 1.165) is 0 Å². The number of carbonyl (C=O) groups is 2. The van der Waals surface area contributed by atoms with Gasteiger partial charge in [-0.3, -0.25) is 9.59 Å². The van der Waals surface area contributed by atoms with Crippen molar-refractivity contribution in [3.63, 3.8) is 0 Å². The van der Waals surface area contributed by atoms with Crippen LogP contribution in [-0.4, -0.2) is 25.0 Å². The number of anilines is 2. The van der Waals surface area contributed by atoms with Gasteiger partial charge in [-0.15, -0.1) is 0 Å². The summed E-state index contributed by atoms with van der Waals surface area (Å²) in [6.07, 6.45) is 1.41. The van der Waals surface area contributed by atoms with Crippen molar-refractivity contribution >= 4 is 56.8 Å². The fraction of sp³-hybridized carbons (Fsp3) is 0.115. The molecule has 0 aliphatic rings. The van der Waals surface area contributed by atoms with Crippen LogP contribution in [0.5, 0.6) is 11.5 Å². The number of carbonyl (C=O) groups excluding carboxylic acids is 2. The second-order valence-electron chi connectivity index (χ2n) is 7.24. The topological polar surface area (TPSA) is 100 Å². The Morgan fingerprint density at radius 3 is 2.33 bits per heavy atom. The van der Waals surface area contributed by atoms with E-state index in [2.05, 4.69) is 26.6 Å². The number of halogens is 3. The minimum Gasteiger partial charge on any atom is -0.490 e. The molecule has 0 atom stereocenters. The molecule has 0 aliphatic heterocycles. The van der Waals surface area contributed by atoms with E-state index < -0.39 is 17.6 Å². The maximum atomic E-state index is 13.0. The average molecular weight is 573 g/mol. The van der Waals surface area contributed by atoms with E-state index >= 15 is 0 Å². The molecule has 0 unspecified atom stereocenters. The third kappa shape index (κ3) is 7.57. The van der Waals surface area contributed by atoms with Gasteiger partial charge in [0.1, 0.15) is 17.5 Å². The molecule has 0 bridgehead atoms. The summed E-state index contributed by atoms with van der Waals surface area (Å²) in [6, 6.07) is 16.9. The van der Waals surface area contributed by atoms with Gasteiger partial charge in [0.2, 0.25) is 0 Å². The molecule has 0 saturated heterocycles. The Bertz CT molecular complexity index is 1320. The highest BCUT2D eigenvalue weighted by atomic mass is 79.9. The summed E-state index contributed by atoms with van der Waals surface area (Å²) in [5, 5.41) is 15.3. The van der Waals surface area contributed by atoms with Crippen LogP contribution in [0, 0.1) is 17.1 Å². The zero-order chi connectivity index (χ0) is 26.1. The molecule has 2 amide bonds. The van der Waals surface area contributed by atoms with Crippen molar-refractivity contribution < 1.29 is 23.5 Å². The molecule has 0 radical (unpaired) electrons. The lowest BCUT2D eigenvalue weighted by Gasteiger charge is -2.15. The van der Waals surface area contributed by atoms with Gasteiger partial charge in [0.05, 0.1) is 11.1 Å². The van der Waals surface area contributed by atoms with Gasteiger partial charge in [0.25, 0.3) is 11.8 Å². The van der Waals surface area contributed by atoms with Gasteiger partial charge in [0.15, 0.2) is 18.1 Å². The smallest absolute Gasteiger partial charge is 0.266 e. The molecule has 3 rings (SSSR count). The molecular formula is C26H20BrClFN3O4. The Balaban J connectivity index is 1.76. The molecule has 0 saturated carbocycles. The monoisotopic (exact) mass is 571 g/mol. The lowest BCUT2D eigenvalue weighted by molar-refractivity contribution is -0.118. The fourth-order valence-electron chi connectivity index (χ4n) is 2.99. The molecule has 3 aromatic carbocycles. The Morgan fingerprint density at radius 1 is 1.06 bits per heavy atom. The van der Waals surface area contributed by atoms with Crippen LogP contribution in [0.2, 0.25) is 5.02 Å². The number of ether oxygens (including phenoxy) is 2. The van der Waals surface area contributed by atoms with Gasteiger partial charge in [-0.2, -0.15) is 5.26 Å². The number of nitrogens with one attached hydrogen (secondary N) is 2. The molecular weight excluding hydrogens is 553 g/mol. The zero-order valence-electron chi connectivity index (χ0n) is 19.0. The third-order valence-corrected chi connectivity index (χ3v) is 5.43. The molecule has 0 aliphatic carbocycles. The van der Waals surface area contributed by atoms with E-state index in [4.69, 9.17) is 21.1 Å². The number of hydrogen-bond donors (Lipinski definition) is 2. The highest BCUT2D eigenvalue weighted by molar-refractivity contribution is 9.10. The summed E-state index contributed by atoms with van der Waals surface area (Å²) >= 11 is 9.26. The van der Waals surface area contributed by atoms with E-state index in [0.29, 0.717) is 38.8 Å². The fourth-order valence-corrected chi connectivity index (χ4v) is 3.69. The van der Waals surface area contributed by atoms with Crippen molar-refractivity contribution in [2.75, 3.05) is 23.8 Å². The number of hydrogen-bond acceptors (Lipinski definition) is 5. The van der Waals surface area contributed by atoms with Gasteiger partial charge in [-0.25, -0.2) is 4.39 Å². The molecule has 7 nitrogen and oxygen atoms in total. The number of benzene rings is 3. The largest absolute Gasteiger partial charge is 0.490 e. The van der Waals surface area contributed by atoms with E-state index in [9.17, 15) is 19.2 Å². The number of amides is 2. The maximum Gasteiger partial charge on any atom is 0.266 e. The second kappa shape index (κ2) is 12.7. The summed E-state index contributed by atoms with van der Waals surface area (Å²) < 4.78 is 24.8. The van der Waals surface area contributed by atoms with Crippen LogP contribution in [0.25, 0.3) is 6.08 Å². The molecule has 0 heterocycles. The predicted octanol–water partition coefficient (Wildman–Crippen LogP) is 6.20. The van der Waals surface area contributed by atoms with Crippen LogP contribution < -0.4 is 20.1 Å². The van der Waals surface area contributed by atoms with Crippen molar-refractivity contribution in [2.45, 2.75) is 6.92 Å². The molecule has 10 heteroatoms. The first-order chi connectivity index (χ1) is 17.3. The SMILES string of the molecule is CCOc1cc(/C=C(/C#N)C(=O)Nc2ccc(Cl)cc2)cc(Br)c1OCC(=O)Nc1ccc(F)cc1. The molecule has 36 heavy (non-hydrogen) atoms. The van der Waals surface area contributed by atoms with Crippen molar-refractivity contribution in [2.24, 2.45) is 0 Å². The van der Waals surface area contributed by atoms with Crippen LogP contribution in [0.4, 0.5) is 15.8 Å². The lowest BCUT2D eigenvalue weighted by atomic mass is 10.1. The molecule has 0 spiro atoms. The number of rotatable bonds is 9. The van der Waals surface area contributed by atoms with Crippen LogP contribution in [0.1, 0.15) is 12.5 Å². The second-order valence-corrected chi connectivity index (χ2v) is 8.53. The highest BCUT2D eigenvalue weighted by Gasteiger charge is 2.16. The van der Waals surface area contributed by atoms with E-state index in [1.807, 2.05) is 6.07 Å². The first-order valence-corrected chi connectivity index (χ1v) is 11.8. The Hall–Kier alpha value is -3.87. The summed E-state index contributed by atoms with van der Waals surface area (Å²) in [6.45, 7) is 1.75. The Kier molecular flexibility index (Phi) is 9.45. The van der Waals surface area contributed by atoms with Gasteiger partial charge in [-0.05, 0) is 95.2 Å². The number of nitriles is 1. The summed E-state index contributed by atoms with van der Waals surface area (Å²) in [5.74, 6) is -0.876. The summed E-state index contributed by atoms with van der Waals surface area (Å²) in [5.41, 5.74) is 1.28. The quantitative estimate of drug-likeness (QED) is 0.235. The minimum absolute atomic E-state index is 0.133. The van der Waals surface area contributed by atoms with E-state index in [1.165, 1.54) is 30.3 Å². The molecule has 0 aromatic heterocycles. The van der Waals surface area contributed by atoms with Crippen LogP contribution in [0.3, 0.4) is 0 Å². The van der Waals surface area contributed by atoms with E-state index in [1.54, 1.807) is 43.3 Å². The molecule has 3 aromatic rings. The maximum absolute atomic E-state index is 13.0. The van der Waals surface area contributed by atoms with Gasteiger partial charge in [-0.1, -0.05) is 11.6 Å². The van der Waals surface area contributed by atoms with Crippen molar-refractivity contribution in [3.8, 4) is 17.6 Å². The van der Waals surface area contributed by atoms with Gasteiger partial charge >= 0.3 is 0 Å². The van der Waals surface area contributed by atoms with Crippen molar-refractivity contribution in [1.29, 1.82) is 5.26 Å². The highest BCUT2D eigenvalue weighted by Crippen LogP contribution is 2.37. The van der Waals surface area contributed by atoms with Crippen LogP contribution >= 0.6 is 27.5 Å². The normalized spacial score (nSPS) is 10.8. The first kappa shape index (κ1) is 26.7. The van der Waals surface area contributed by atoms with E-state index in [-0.39, 0.29) is 17.9 Å². The first-order valence-electron chi connectivity index (χ1n) is 10.6.